The Kier molecular flexibility index (Phi) is 3.88. The first-order valence-electron chi connectivity index (χ1n) is 7.36. The summed E-state index contributed by atoms with van der Waals surface area (Å²) in [5.41, 5.74) is 5.08. The molecule has 21 heavy (non-hydrogen) atoms. The average Bonchev–Trinajstić information content (AvgIpc) is 2.86. The molecule has 4 nitrogen and oxygen atoms in total. The molecule has 1 aromatic heterocycles. The standard InChI is InChI=1S/C17H20N2O2/c1-11-6-15(12-4-3-5-12)16(7-13(11)9-20)17-18-8-14(19-17)10-21-2/h6-9,12H,3-5,10H2,1-2H3,(H,18,19). The maximum Gasteiger partial charge on any atom is 0.150 e. The van der Waals surface area contributed by atoms with Crippen LogP contribution in [0.4, 0.5) is 0 Å². The van der Waals surface area contributed by atoms with Gasteiger partial charge in [0.05, 0.1) is 18.5 Å². The van der Waals surface area contributed by atoms with Gasteiger partial charge in [-0.1, -0.05) is 12.5 Å². The van der Waals surface area contributed by atoms with E-state index >= 15 is 0 Å². The summed E-state index contributed by atoms with van der Waals surface area (Å²) >= 11 is 0. The van der Waals surface area contributed by atoms with Crippen LogP contribution >= 0.6 is 0 Å². The van der Waals surface area contributed by atoms with E-state index in [4.69, 9.17) is 4.74 Å². The van der Waals surface area contributed by atoms with Gasteiger partial charge in [-0.05, 0) is 42.9 Å². The van der Waals surface area contributed by atoms with Crippen LogP contribution in [0.1, 0.15) is 52.4 Å². The first-order chi connectivity index (χ1) is 10.2. The van der Waals surface area contributed by atoms with E-state index < -0.39 is 0 Å². The number of imidazole rings is 1. The molecule has 1 aromatic carbocycles. The van der Waals surface area contributed by atoms with Crippen LogP contribution < -0.4 is 0 Å². The highest BCUT2D eigenvalue weighted by atomic mass is 16.5. The number of aromatic nitrogens is 2. The number of carbonyl (C=O) groups excluding carboxylic acids is 1. The number of H-pyrrole nitrogens is 1. The third-order valence-electron chi connectivity index (χ3n) is 4.29. The Bertz CT molecular complexity index is 657. The molecule has 0 atom stereocenters. The van der Waals surface area contributed by atoms with Gasteiger partial charge >= 0.3 is 0 Å². The molecule has 1 heterocycles. The molecule has 3 rings (SSSR count). The number of ether oxygens (including phenoxy) is 1. The van der Waals surface area contributed by atoms with Crippen molar-refractivity contribution < 1.29 is 9.53 Å². The molecule has 1 aliphatic carbocycles. The molecule has 1 aliphatic rings. The summed E-state index contributed by atoms with van der Waals surface area (Å²) in [6.45, 7) is 2.51. The van der Waals surface area contributed by atoms with Crippen LogP contribution in [0.25, 0.3) is 11.4 Å². The van der Waals surface area contributed by atoms with Gasteiger partial charge in [-0.2, -0.15) is 0 Å². The summed E-state index contributed by atoms with van der Waals surface area (Å²) in [4.78, 5) is 19.0. The van der Waals surface area contributed by atoms with E-state index in [-0.39, 0.29) is 0 Å². The Labute approximate surface area is 124 Å². The van der Waals surface area contributed by atoms with Crippen molar-refractivity contribution in [2.75, 3.05) is 7.11 Å². The highest BCUT2D eigenvalue weighted by molar-refractivity contribution is 5.81. The zero-order chi connectivity index (χ0) is 14.8. The third-order valence-corrected chi connectivity index (χ3v) is 4.29. The SMILES string of the molecule is COCc1cnc(-c2cc(C=O)c(C)cc2C2CCC2)[nH]1. The van der Waals surface area contributed by atoms with Gasteiger partial charge in [-0.15, -0.1) is 0 Å². The molecular formula is C17H20N2O2. The summed E-state index contributed by atoms with van der Waals surface area (Å²) in [6.07, 6.45) is 6.44. The number of hydrogen-bond acceptors (Lipinski definition) is 3. The summed E-state index contributed by atoms with van der Waals surface area (Å²) in [7, 11) is 1.66. The second kappa shape index (κ2) is 5.82. The number of aromatic amines is 1. The van der Waals surface area contributed by atoms with E-state index in [2.05, 4.69) is 16.0 Å². The molecule has 0 saturated heterocycles. The van der Waals surface area contributed by atoms with E-state index in [0.717, 1.165) is 34.5 Å². The number of methoxy groups -OCH3 is 1. The van der Waals surface area contributed by atoms with Gasteiger partial charge in [0.1, 0.15) is 12.1 Å². The molecule has 1 fully saturated rings. The number of nitrogens with one attached hydrogen (secondary N) is 1. The van der Waals surface area contributed by atoms with Gasteiger partial charge < -0.3 is 9.72 Å². The highest BCUT2D eigenvalue weighted by Gasteiger charge is 2.24. The average molecular weight is 284 g/mol. The summed E-state index contributed by atoms with van der Waals surface area (Å²) in [6, 6.07) is 4.12. The lowest BCUT2D eigenvalue weighted by atomic mass is 9.77. The van der Waals surface area contributed by atoms with Gasteiger partial charge in [0.2, 0.25) is 0 Å². The maximum absolute atomic E-state index is 11.2. The van der Waals surface area contributed by atoms with Gasteiger partial charge in [-0.3, -0.25) is 4.79 Å². The van der Waals surface area contributed by atoms with E-state index in [9.17, 15) is 4.79 Å². The van der Waals surface area contributed by atoms with Crippen molar-refractivity contribution in [3.63, 3.8) is 0 Å². The van der Waals surface area contributed by atoms with Crippen LogP contribution in [0.3, 0.4) is 0 Å². The quantitative estimate of drug-likeness (QED) is 0.853. The molecule has 0 aliphatic heterocycles. The zero-order valence-corrected chi connectivity index (χ0v) is 12.5. The summed E-state index contributed by atoms with van der Waals surface area (Å²) in [5.74, 6) is 1.42. The molecule has 0 spiro atoms. The molecular weight excluding hydrogens is 264 g/mol. The highest BCUT2D eigenvalue weighted by Crippen LogP contribution is 2.41. The largest absolute Gasteiger partial charge is 0.378 e. The lowest BCUT2D eigenvalue weighted by Gasteiger charge is -2.28. The van der Waals surface area contributed by atoms with Crippen molar-refractivity contribution in [1.82, 2.24) is 9.97 Å². The van der Waals surface area contributed by atoms with Crippen LogP contribution in [0, 0.1) is 6.92 Å². The van der Waals surface area contributed by atoms with Crippen LogP contribution in [0.5, 0.6) is 0 Å². The van der Waals surface area contributed by atoms with E-state index in [1.54, 1.807) is 13.3 Å². The monoisotopic (exact) mass is 284 g/mol. The molecule has 1 saturated carbocycles. The number of benzene rings is 1. The third kappa shape index (κ3) is 2.63. The first-order valence-corrected chi connectivity index (χ1v) is 7.36. The molecule has 0 unspecified atom stereocenters. The van der Waals surface area contributed by atoms with Gasteiger partial charge in [-0.25, -0.2) is 4.98 Å². The molecule has 0 bridgehead atoms. The van der Waals surface area contributed by atoms with Crippen molar-refractivity contribution >= 4 is 6.29 Å². The number of rotatable bonds is 5. The van der Waals surface area contributed by atoms with Crippen molar-refractivity contribution in [2.24, 2.45) is 0 Å². The van der Waals surface area contributed by atoms with E-state index in [0.29, 0.717) is 12.5 Å². The van der Waals surface area contributed by atoms with Gasteiger partial charge in [0, 0.05) is 18.2 Å². The second-order valence-electron chi connectivity index (χ2n) is 5.73. The van der Waals surface area contributed by atoms with Crippen molar-refractivity contribution in [3.8, 4) is 11.4 Å². The van der Waals surface area contributed by atoms with Crippen molar-refractivity contribution in [2.45, 2.75) is 38.7 Å². The Morgan fingerprint density at radius 3 is 2.86 bits per heavy atom. The predicted octanol–water partition coefficient (Wildman–Crippen LogP) is 3.61. The molecule has 1 N–H and O–H groups in total. The predicted molar refractivity (Wildman–Crippen MR) is 81.5 cm³/mol. The number of carbonyl (C=O) groups is 1. The fourth-order valence-electron chi connectivity index (χ4n) is 2.86. The van der Waals surface area contributed by atoms with Crippen LogP contribution in [-0.4, -0.2) is 23.4 Å². The van der Waals surface area contributed by atoms with Gasteiger partial charge in [0.15, 0.2) is 0 Å². The zero-order valence-electron chi connectivity index (χ0n) is 12.5. The second-order valence-corrected chi connectivity index (χ2v) is 5.73. The number of aryl methyl sites for hydroxylation is 1. The summed E-state index contributed by atoms with van der Waals surface area (Å²) < 4.78 is 5.12. The van der Waals surface area contributed by atoms with E-state index in [1.807, 2.05) is 13.0 Å². The van der Waals surface area contributed by atoms with Crippen LogP contribution in [0.2, 0.25) is 0 Å². The molecule has 2 aromatic rings. The Morgan fingerprint density at radius 2 is 2.24 bits per heavy atom. The smallest absolute Gasteiger partial charge is 0.150 e. The fraction of sp³-hybridized carbons (Fsp3) is 0.412. The number of aldehydes is 1. The van der Waals surface area contributed by atoms with Crippen molar-refractivity contribution in [3.05, 3.63) is 40.7 Å². The minimum Gasteiger partial charge on any atom is -0.378 e. The first kappa shape index (κ1) is 14.0. The molecule has 110 valence electrons. The lowest BCUT2D eigenvalue weighted by Crippen LogP contribution is -2.11. The minimum atomic E-state index is 0.512. The normalized spacial score (nSPS) is 15.0. The maximum atomic E-state index is 11.2. The minimum absolute atomic E-state index is 0.512. The van der Waals surface area contributed by atoms with Gasteiger partial charge in [0.25, 0.3) is 0 Å². The molecule has 4 heteroatoms. The number of nitrogens with zero attached hydrogens (tertiary/aromatic N) is 1. The Morgan fingerprint density at radius 1 is 1.43 bits per heavy atom. The lowest BCUT2D eigenvalue weighted by molar-refractivity contribution is 0.112. The Balaban J connectivity index is 2.06. The van der Waals surface area contributed by atoms with Crippen LogP contribution in [-0.2, 0) is 11.3 Å². The summed E-state index contributed by atoms with van der Waals surface area (Å²) in [5, 5.41) is 0. The van der Waals surface area contributed by atoms with Crippen molar-refractivity contribution in [1.29, 1.82) is 0 Å². The molecule has 0 radical (unpaired) electrons. The topological polar surface area (TPSA) is 55.0 Å². The van der Waals surface area contributed by atoms with E-state index in [1.165, 1.54) is 24.8 Å². The molecule has 0 amide bonds. The fourth-order valence-corrected chi connectivity index (χ4v) is 2.86. The number of hydrogen-bond donors (Lipinski definition) is 1. The Hall–Kier alpha value is -1.94. The van der Waals surface area contributed by atoms with Crippen LogP contribution in [0.15, 0.2) is 18.3 Å².